The molecule has 0 bridgehead atoms. The van der Waals surface area contributed by atoms with E-state index in [4.69, 9.17) is 4.74 Å². The van der Waals surface area contributed by atoms with Gasteiger partial charge in [0.25, 0.3) is 0 Å². The average molecular weight is 344 g/mol. The highest BCUT2D eigenvalue weighted by Gasteiger charge is 2.25. The SMILES string of the molecule is CNCC(=O)N1CCC[C@H](c2cncc(Oc3cccc(F)c3)n2)C1. The Morgan fingerprint density at radius 1 is 1.44 bits per heavy atom. The molecule has 6 nitrogen and oxygen atoms in total. The van der Waals surface area contributed by atoms with Gasteiger partial charge in [0.15, 0.2) is 0 Å². The minimum atomic E-state index is -0.368. The molecule has 132 valence electrons. The Morgan fingerprint density at radius 3 is 3.12 bits per heavy atom. The van der Waals surface area contributed by atoms with E-state index < -0.39 is 0 Å². The van der Waals surface area contributed by atoms with E-state index in [1.54, 1.807) is 25.4 Å². The number of amides is 1. The molecular weight excluding hydrogens is 323 g/mol. The lowest BCUT2D eigenvalue weighted by atomic mass is 9.95. The molecule has 0 aliphatic carbocycles. The fourth-order valence-corrected chi connectivity index (χ4v) is 2.97. The molecule has 1 N–H and O–H groups in total. The summed E-state index contributed by atoms with van der Waals surface area (Å²) >= 11 is 0. The summed E-state index contributed by atoms with van der Waals surface area (Å²) in [6.45, 7) is 1.73. The van der Waals surface area contributed by atoms with E-state index in [-0.39, 0.29) is 17.6 Å². The van der Waals surface area contributed by atoms with Crippen molar-refractivity contribution >= 4 is 5.91 Å². The van der Waals surface area contributed by atoms with Gasteiger partial charge in [-0.25, -0.2) is 9.37 Å². The summed E-state index contributed by atoms with van der Waals surface area (Å²) in [6.07, 6.45) is 5.08. The summed E-state index contributed by atoms with van der Waals surface area (Å²) < 4.78 is 18.9. The molecule has 1 saturated heterocycles. The number of hydrogen-bond acceptors (Lipinski definition) is 5. The number of carbonyl (C=O) groups is 1. The van der Waals surface area contributed by atoms with Gasteiger partial charge in [-0.05, 0) is 32.0 Å². The highest BCUT2D eigenvalue weighted by atomic mass is 19.1. The second-order valence-electron chi connectivity index (χ2n) is 6.05. The van der Waals surface area contributed by atoms with Gasteiger partial charge in [-0.3, -0.25) is 9.78 Å². The number of piperidine rings is 1. The smallest absolute Gasteiger partial charge is 0.238 e. The summed E-state index contributed by atoms with van der Waals surface area (Å²) in [4.78, 5) is 22.6. The van der Waals surface area contributed by atoms with Gasteiger partial charge < -0.3 is 15.0 Å². The average Bonchev–Trinajstić information content (AvgIpc) is 2.62. The highest BCUT2D eigenvalue weighted by Crippen LogP contribution is 2.27. The first kappa shape index (κ1) is 17.3. The van der Waals surface area contributed by atoms with Crippen LogP contribution in [0, 0.1) is 5.82 Å². The molecule has 2 heterocycles. The zero-order chi connectivity index (χ0) is 17.6. The molecule has 2 aromatic rings. The molecule has 0 unspecified atom stereocenters. The van der Waals surface area contributed by atoms with Gasteiger partial charge in [-0.1, -0.05) is 6.07 Å². The molecule has 7 heteroatoms. The number of likely N-dealkylation sites (N-methyl/N-ethyl adjacent to an activating group) is 1. The Morgan fingerprint density at radius 2 is 2.32 bits per heavy atom. The van der Waals surface area contributed by atoms with Crippen LogP contribution in [0.4, 0.5) is 4.39 Å². The number of aromatic nitrogens is 2. The van der Waals surface area contributed by atoms with Gasteiger partial charge in [-0.2, -0.15) is 0 Å². The number of benzene rings is 1. The van der Waals surface area contributed by atoms with Gasteiger partial charge >= 0.3 is 0 Å². The first-order valence-corrected chi connectivity index (χ1v) is 8.33. The van der Waals surface area contributed by atoms with E-state index in [2.05, 4.69) is 15.3 Å². The molecule has 0 radical (unpaired) electrons. The minimum Gasteiger partial charge on any atom is -0.437 e. The number of nitrogens with one attached hydrogen (secondary N) is 1. The number of hydrogen-bond donors (Lipinski definition) is 1. The van der Waals surface area contributed by atoms with Gasteiger partial charge in [0.1, 0.15) is 11.6 Å². The minimum absolute atomic E-state index is 0.0901. The summed E-state index contributed by atoms with van der Waals surface area (Å²) in [5.74, 6) is 0.542. The van der Waals surface area contributed by atoms with Crippen molar-refractivity contribution in [3.05, 3.63) is 48.2 Å². The van der Waals surface area contributed by atoms with Crippen molar-refractivity contribution in [1.29, 1.82) is 0 Å². The van der Waals surface area contributed by atoms with E-state index >= 15 is 0 Å². The van der Waals surface area contributed by atoms with Crippen LogP contribution in [0.25, 0.3) is 0 Å². The normalized spacial score (nSPS) is 17.4. The van der Waals surface area contributed by atoms with Gasteiger partial charge in [0.05, 0.1) is 18.4 Å². The monoisotopic (exact) mass is 344 g/mol. The molecular formula is C18H21FN4O2. The molecule has 1 amide bonds. The first-order valence-electron chi connectivity index (χ1n) is 8.33. The number of carbonyl (C=O) groups excluding carboxylic acids is 1. The third kappa shape index (κ3) is 4.51. The maximum atomic E-state index is 13.3. The van der Waals surface area contributed by atoms with Crippen LogP contribution < -0.4 is 10.1 Å². The fraction of sp³-hybridized carbons (Fsp3) is 0.389. The number of rotatable bonds is 5. The zero-order valence-corrected chi connectivity index (χ0v) is 14.1. The van der Waals surface area contributed by atoms with Crippen molar-refractivity contribution in [3.8, 4) is 11.6 Å². The van der Waals surface area contributed by atoms with E-state index in [9.17, 15) is 9.18 Å². The third-order valence-electron chi connectivity index (χ3n) is 4.17. The molecule has 1 aliphatic heterocycles. The molecule has 3 rings (SSSR count). The summed E-state index contributed by atoms with van der Waals surface area (Å²) in [6, 6.07) is 5.89. The van der Waals surface area contributed by atoms with E-state index in [1.807, 2.05) is 4.90 Å². The lowest BCUT2D eigenvalue weighted by Gasteiger charge is -2.32. The number of ether oxygens (including phenoxy) is 1. The summed E-state index contributed by atoms with van der Waals surface area (Å²) in [5, 5.41) is 2.89. The van der Waals surface area contributed by atoms with Gasteiger partial charge in [0.2, 0.25) is 11.8 Å². The van der Waals surface area contributed by atoms with E-state index in [0.29, 0.717) is 24.7 Å². The summed E-state index contributed by atoms with van der Waals surface area (Å²) in [7, 11) is 1.76. The predicted octanol–water partition coefficient (Wildman–Crippen LogP) is 2.33. The highest BCUT2D eigenvalue weighted by molar-refractivity contribution is 5.78. The van der Waals surface area contributed by atoms with Crippen LogP contribution in [0.3, 0.4) is 0 Å². The number of nitrogens with zero attached hydrogens (tertiary/aromatic N) is 3. The maximum absolute atomic E-state index is 13.3. The molecule has 1 fully saturated rings. The van der Waals surface area contributed by atoms with Crippen LogP contribution in [-0.2, 0) is 4.79 Å². The van der Waals surface area contributed by atoms with Crippen LogP contribution in [-0.4, -0.2) is 47.5 Å². The Balaban J connectivity index is 1.71. The van der Waals surface area contributed by atoms with Crippen LogP contribution in [0.2, 0.25) is 0 Å². The van der Waals surface area contributed by atoms with Crippen LogP contribution in [0.5, 0.6) is 11.6 Å². The van der Waals surface area contributed by atoms with Gasteiger partial charge in [-0.15, -0.1) is 0 Å². The standard InChI is InChI=1S/C18H21FN4O2/c1-20-11-18(24)23-7-3-4-13(12-23)16-9-21-10-17(22-16)25-15-6-2-5-14(19)8-15/h2,5-6,8-10,13,20H,3-4,7,11-12H2,1H3/t13-/m0/s1. The summed E-state index contributed by atoms with van der Waals surface area (Å²) in [5.41, 5.74) is 0.788. The van der Waals surface area contributed by atoms with Crippen molar-refractivity contribution in [2.75, 3.05) is 26.7 Å². The maximum Gasteiger partial charge on any atom is 0.238 e. The zero-order valence-electron chi connectivity index (χ0n) is 14.1. The second-order valence-corrected chi connectivity index (χ2v) is 6.05. The van der Waals surface area contributed by atoms with Crippen LogP contribution >= 0.6 is 0 Å². The Hall–Kier alpha value is -2.54. The molecule has 0 saturated carbocycles. The van der Waals surface area contributed by atoms with Gasteiger partial charge in [0, 0.05) is 31.3 Å². The van der Waals surface area contributed by atoms with E-state index in [0.717, 1.165) is 25.1 Å². The van der Waals surface area contributed by atoms with Crippen molar-refractivity contribution in [2.24, 2.45) is 0 Å². The lowest BCUT2D eigenvalue weighted by Crippen LogP contribution is -2.43. The van der Waals surface area contributed by atoms with Crippen molar-refractivity contribution in [3.63, 3.8) is 0 Å². The van der Waals surface area contributed by atoms with Crippen molar-refractivity contribution in [1.82, 2.24) is 20.2 Å². The van der Waals surface area contributed by atoms with Crippen molar-refractivity contribution in [2.45, 2.75) is 18.8 Å². The Bertz CT molecular complexity index is 741. The largest absolute Gasteiger partial charge is 0.437 e. The molecule has 1 aromatic heterocycles. The van der Waals surface area contributed by atoms with E-state index in [1.165, 1.54) is 18.3 Å². The number of halogens is 1. The molecule has 0 spiro atoms. The van der Waals surface area contributed by atoms with Crippen LogP contribution in [0.15, 0.2) is 36.7 Å². The lowest BCUT2D eigenvalue weighted by molar-refractivity contribution is -0.131. The quantitative estimate of drug-likeness (QED) is 0.902. The topological polar surface area (TPSA) is 67.4 Å². The third-order valence-corrected chi connectivity index (χ3v) is 4.17. The molecule has 1 aromatic carbocycles. The molecule has 1 atom stereocenters. The predicted molar refractivity (Wildman–Crippen MR) is 91.0 cm³/mol. The first-order chi connectivity index (χ1) is 12.2. The fourth-order valence-electron chi connectivity index (χ4n) is 2.97. The molecule has 25 heavy (non-hydrogen) atoms. The van der Waals surface area contributed by atoms with Crippen molar-refractivity contribution < 1.29 is 13.9 Å². The second kappa shape index (κ2) is 8.02. The Kier molecular flexibility index (Phi) is 5.55. The number of likely N-dealkylation sites (tertiary alicyclic amines) is 1. The molecule has 1 aliphatic rings. The van der Waals surface area contributed by atoms with Crippen LogP contribution in [0.1, 0.15) is 24.5 Å². The Labute approximate surface area is 146 Å².